The van der Waals surface area contributed by atoms with Gasteiger partial charge in [-0.1, -0.05) is 12.1 Å². The second-order valence-electron chi connectivity index (χ2n) is 5.06. The Balaban J connectivity index is 1.91. The molecule has 0 radical (unpaired) electrons. The van der Waals surface area contributed by atoms with E-state index in [1.807, 2.05) is 38.4 Å². The van der Waals surface area contributed by atoms with Crippen molar-refractivity contribution in [3.8, 4) is 0 Å². The molecule has 0 aliphatic carbocycles. The lowest BCUT2D eigenvalue weighted by Gasteiger charge is -2.12. The zero-order chi connectivity index (χ0) is 15.0. The highest BCUT2D eigenvalue weighted by atomic mass is 32.1. The van der Waals surface area contributed by atoms with Crippen molar-refractivity contribution in [3.63, 3.8) is 0 Å². The van der Waals surface area contributed by atoms with Crippen LogP contribution in [0, 0.1) is 5.41 Å². The number of carbonyl (C=O) groups excluding carboxylic acids is 1. The summed E-state index contributed by atoms with van der Waals surface area (Å²) in [6.07, 6.45) is 1.59. The van der Waals surface area contributed by atoms with E-state index in [2.05, 4.69) is 10.1 Å². The second-order valence-corrected chi connectivity index (χ2v) is 6.12. The van der Waals surface area contributed by atoms with Crippen LogP contribution in [0.15, 0.2) is 29.4 Å². The van der Waals surface area contributed by atoms with Gasteiger partial charge in [0.1, 0.15) is 29.6 Å². The average Bonchev–Trinajstić information content (AvgIpc) is 2.97. The van der Waals surface area contributed by atoms with E-state index in [4.69, 9.17) is 5.41 Å². The molecule has 0 amide bonds. The Bertz CT molecular complexity index is 703. The molecule has 7 heteroatoms. The summed E-state index contributed by atoms with van der Waals surface area (Å²) in [4.78, 5) is 18.5. The summed E-state index contributed by atoms with van der Waals surface area (Å²) < 4.78 is 1.03. The van der Waals surface area contributed by atoms with Crippen molar-refractivity contribution in [2.24, 2.45) is 5.10 Å². The smallest absolute Gasteiger partial charge is 0.171 e. The summed E-state index contributed by atoms with van der Waals surface area (Å²) in [5, 5.41) is 14.4. The average molecular weight is 301 g/mol. The largest absolute Gasteiger partial charge is 0.367 e. The molecule has 2 aromatic rings. The number of benzene rings is 1. The van der Waals surface area contributed by atoms with Gasteiger partial charge in [0.25, 0.3) is 0 Å². The van der Waals surface area contributed by atoms with Gasteiger partial charge < -0.3 is 4.90 Å². The monoisotopic (exact) mass is 301 g/mol. The molecule has 1 aromatic carbocycles. The van der Waals surface area contributed by atoms with E-state index in [-0.39, 0.29) is 18.2 Å². The van der Waals surface area contributed by atoms with Crippen molar-refractivity contribution in [1.29, 1.82) is 5.41 Å². The molecular formula is C14H15N5OS. The molecule has 2 heterocycles. The molecule has 1 N–H and O–H groups in total. The Hall–Kier alpha value is -2.28. The lowest BCUT2D eigenvalue weighted by atomic mass is 10.1. The van der Waals surface area contributed by atoms with E-state index < -0.39 is 5.92 Å². The van der Waals surface area contributed by atoms with Crippen LogP contribution in [-0.2, 0) is 4.79 Å². The van der Waals surface area contributed by atoms with Crippen molar-refractivity contribution in [1.82, 2.24) is 14.9 Å². The maximum atomic E-state index is 12.2. The zero-order valence-electron chi connectivity index (χ0n) is 11.8. The van der Waals surface area contributed by atoms with Gasteiger partial charge in [-0.3, -0.25) is 10.2 Å². The molecular weight excluding hydrogens is 286 g/mol. The molecule has 1 aromatic heterocycles. The first-order chi connectivity index (χ1) is 10.1. The highest BCUT2D eigenvalue weighted by Gasteiger charge is 2.39. The fraction of sp³-hybridized carbons (Fsp3) is 0.286. The van der Waals surface area contributed by atoms with Crippen molar-refractivity contribution >= 4 is 39.5 Å². The lowest BCUT2D eigenvalue weighted by molar-refractivity contribution is -0.117. The van der Waals surface area contributed by atoms with Gasteiger partial charge in [0.05, 0.1) is 10.2 Å². The molecule has 0 bridgehead atoms. The van der Waals surface area contributed by atoms with Crippen LogP contribution in [0.4, 0.5) is 0 Å². The van der Waals surface area contributed by atoms with Crippen LogP contribution in [0.3, 0.4) is 0 Å². The maximum absolute atomic E-state index is 12.2. The fourth-order valence-electron chi connectivity index (χ4n) is 2.16. The molecule has 1 aliphatic heterocycles. The Labute approximate surface area is 126 Å². The third kappa shape index (κ3) is 2.52. The first kappa shape index (κ1) is 13.7. The minimum absolute atomic E-state index is 0.0324. The highest BCUT2D eigenvalue weighted by molar-refractivity contribution is 7.18. The van der Waals surface area contributed by atoms with Gasteiger partial charge in [0.15, 0.2) is 5.78 Å². The number of Topliss-reactive ketones (excluding diaryl/α,β-unsaturated/α-hetero) is 1. The number of hydrazone groups is 1. The third-order valence-electron chi connectivity index (χ3n) is 3.16. The van der Waals surface area contributed by atoms with E-state index >= 15 is 0 Å². The minimum atomic E-state index is -0.596. The predicted molar refractivity (Wildman–Crippen MR) is 84.0 cm³/mol. The van der Waals surface area contributed by atoms with Crippen molar-refractivity contribution < 1.29 is 4.79 Å². The quantitative estimate of drug-likeness (QED) is 0.692. The number of aromatic nitrogens is 1. The molecule has 21 heavy (non-hydrogen) atoms. The van der Waals surface area contributed by atoms with Crippen LogP contribution < -0.4 is 0 Å². The molecule has 1 fully saturated rings. The van der Waals surface area contributed by atoms with E-state index in [0.29, 0.717) is 5.01 Å². The molecule has 3 rings (SSSR count). The van der Waals surface area contributed by atoms with E-state index in [1.54, 1.807) is 11.2 Å². The van der Waals surface area contributed by atoms with Gasteiger partial charge in [-0.25, -0.2) is 9.99 Å². The summed E-state index contributed by atoms with van der Waals surface area (Å²) in [5.74, 6) is -0.436. The Morgan fingerprint density at radius 2 is 2.24 bits per heavy atom. The van der Waals surface area contributed by atoms with Crippen molar-refractivity contribution in [2.75, 3.05) is 20.6 Å². The fourth-order valence-corrected chi connectivity index (χ4v) is 3.26. The van der Waals surface area contributed by atoms with Gasteiger partial charge in [-0.2, -0.15) is 5.10 Å². The van der Waals surface area contributed by atoms with Crippen molar-refractivity contribution in [3.05, 3.63) is 29.3 Å². The summed E-state index contributed by atoms with van der Waals surface area (Å²) in [7, 11) is 3.69. The first-order valence-electron chi connectivity index (χ1n) is 6.51. The molecule has 1 saturated heterocycles. The zero-order valence-corrected chi connectivity index (χ0v) is 12.6. The molecule has 1 aliphatic rings. The van der Waals surface area contributed by atoms with Crippen molar-refractivity contribution in [2.45, 2.75) is 5.92 Å². The first-order valence-corrected chi connectivity index (χ1v) is 7.32. The molecule has 108 valence electrons. The number of hydrogen-bond acceptors (Lipinski definition) is 5. The molecule has 0 saturated carbocycles. The number of ketones is 1. The Kier molecular flexibility index (Phi) is 3.42. The topological polar surface area (TPSA) is 72.7 Å². The number of nitrogens with zero attached hydrogens (tertiary/aromatic N) is 4. The lowest BCUT2D eigenvalue weighted by Crippen LogP contribution is -2.22. The van der Waals surface area contributed by atoms with Gasteiger partial charge >= 0.3 is 0 Å². The molecule has 6 nitrogen and oxygen atoms in total. The Morgan fingerprint density at radius 1 is 1.48 bits per heavy atom. The SMILES string of the molecule is CN(C)C=NN1CC(=O)C(c2nc3ccccc3s2)C1=N. The van der Waals surface area contributed by atoms with Crippen LogP contribution in [0.1, 0.15) is 10.9 Å². The maximum Gasteiger partial charge on any atom is 0.171 e. The number of carbonyl (C=O) groups is 1. The predicted octanol–water partition coefficient (Wildman–Crippen LogP) is 1.75. The van der Waals surface area contributed by atoms with Crippen LogP contribution in [0.25, 0.3) is 10.2 Å². The summed E-state index contributed by atoms with van der Waals surface area (Å²) >= 11 is 1.47. The molecule has 1 atom stereocenters. The van der Waals surface area contributed by atoms with Gasteiger partial charge in [0.2, 0.25) is 0 Å². The highest BCUT2D eigenvalue weighted by Crippen LogP contribution is 2.32. The van der Waals surface area contributed by atoms with Crippen LogP contribution >= 0.6 is 11.3 Å². The number of amidine groups is 1. The standard InChI is InChI=1S/C14H15N5OS/c1-18(2)8-16-19-7-10(20)12(13(19)15)14-17-9-5-3-4-6-11(9)21-14/h3-6,8,12,15H,7H2,1-2H3. The normalized spacial score (nSPS) is 19.1. The third-order valence-corrected chi connectivity index (χ3v) is 4.26. The number of rotatable bonds is 3. The minimum Gasteiger partial charge on any atom is -0.367 e. The summed E-state index contributed by atoms with van der Waals surface area (Å²) in [5.41, 5.74) is 0.869. The Morgan fingerprint density at radius 3 is 2.95 bits per heavy atom. The number of fused-ring (bicyclic) bond motifs is 1. The number of hydrogen-bond donors (Lipinski definition) is 1. The summed E-state index contributed by atoms with van der Waals surface area (Å²) in [6.45, 7) is 0.129. The van der Waals surface area contributed by atoms with Crippen LogP contribution in [0.2, 0.25) is 0 Å². The van der Waals surface area contributed by atoms with E-state index in [1.165, 1.54) is 16.3 Å². The van der Waals surface area contributed by atoms with E-state index in [0.717, 1.165) is 10.2 Å². The van der Waals surface area contributed by atoms with Gasteiger partial charge in [-0.15, -0.1) is 11.3 Å². The number of thiazole rings is 1. The second kappa shape index (κ2) is 5.25. The van der Waals surface area contributed by atoms with Crippen LogP contribution in [0.5, 0.6) is 0 Å². The molecule has 0 spiro atoms. The van der Waals surface area contributed by atoms with E-state index in [9.17, 15) is 4.79 Å². The number of nitrogens with one attached hydrogen (secondary N) is 1. The van der Waals surface area contributed by atoms with Gasteiger partial charge in [-0.05, 0) is 12.1 Å². The van der Waals surface area contributed by atoms with Crippen LogP contribution in [-0.4, -0.2) is 53.5 Å². The number of para-hydroxylation sites is 1. The molecule has 1 unspecified atom stereocenters. The van der Waals surface area contributed by atoms with Gasteiger partial charge in [0, 0.05) is 14.1 Å². The summed E-state index contributed by atoms with van der Waals surface area (Å²) in [6, 6.07) is 7.75.